The number of piperidine rings is 2. The molecule has 2 saturated heterocycles. The van der Waals surface area contributed by atoms with Crippen molar-refractivity contribution in [3.05, 3.63) is 89.2 Å². The Balaban J connectivity index is 0.728. The van der Waals surface area contributed by atoms with E-state index in [0.29, 0.717) is 46.1 Å². The Labute approximate surface area is 389 Å². The number of fused-ring (bicyclic) bond motifs is 2. The van der Waals surface area contributed by atoms with Crippen LogP contribution in [0.1, 0.15) is 117 Å². The van der Waals surface area contributed by atoms with E-state index in [2.05, 4.69) is 73.0 Å². The van der Waals surface area contributed by atoms with Gasteiger partial charge in [0, 0.05) is 78.0 Å². The average molecular weight is 913 g/mol. The molecule has 1 unspecified atom stereocenters. The molecule has 2 saturated carbocycles. The molecule has 15 nitrogen and oxygen atoms in total. The molecule has 0 bridgehead atoms. The lowest BCUT2D eigenvalue weighted by atomic mass is 9.49. The molecule has 4 aromatic rings. The standard InChI is InChI=1S/C50H56N8O7S/c1-28(2)57(32-22-34(23-32)66-65-33-11-12-35-37(24-33)46(63)58(45(35)62)38-13-16-41(59)54-44(38)61)27-29-17-20-56(21-18-29)40-15-10-31(26-53-40)43(60)55-47-49(3,4)48(50(47,5)6)64-39-14-9-30(25-51)42-36(39)8-7-19-52-42/h7-12,14-15,19,24,26,28-29,32,34,38,47-48H,13,16-18,20-23,27H2,1-6H3,(H,55,60)(H,54,59,61). The number of carbonyl (C=O) groups is 5. The second kappa shape index (κ2) is 17.6. The minimum Gasteiger partial charge on any atom is -0.488 e. The van der Waals surface area contributed by atoms with Crippen molar-refractivity contribution < 1.29 is 32.9 Å². The predicted octanol–water partition coefficient (Wildman–Crippen LogP) is 6.70. The minimum absolute atomic E-state index is 0.0711. The molecule has 5 heterocycles. The first-order chi connectivity index (χ1) is 31.5. The fourth-order valence-electron chi connectivity index (χ4n) is 11.1. The third-order valence-electron chi connectivity index (χ3n) is 14.5. The van der Waals surface area contributed by atoms with Crippen LogP contribution in [0.25, 0.3) is 10.9 Å². The highest BCUT2D eigenvalue weighted by molar-refractivity contribution is 7.95. The van der Waals surface area contributed by atoms with Crippen LogP contribution in [0.4, 0.5) is 5.82 Å². The SMILES string of the molecule is CC(C)N(CC1CCN(c2ccc(C(=O)NC3C(C)(C)C(Oc4ccc(C#N)c5ncccc45)C3(C)C)cn2)CC1)C1CC(SOc2ccc3c(c2)C(=O)N(C2CCC(=O)NC2=O)C3=O)C1. The summed E-state index contributed by atoms with van der Waals surface area (Å²) < 4.78 is 12.7. The van der Waals surface area contributed by atoms with Crippen LogP contribution >= 0.6 is 12.0 Å². The van der Waals surface area contributed by atoms with Gasteiger partial charge in [-0.3, -0.25) is 44.1 Å². The van der Waals surface area contributed by atoms with Crippen LogP contribution in [0, 0.1) is 28.1 Å². The highest BCUT2D eigenvalue weighted by atomic mass is 32.2. The molecule has 1 atom stereocenters. The van der Waals surface area contributed by atoms with Crippen LogP contribution in [0.3, 0.4) is 0 Å². The van der Waals surface area contributed by atoms with Crippen LogP contribution in [-0.4, -0.2) is 104 Å². The van der Waals surface area contributed by atoms with E-state index in [1.807, 2.05) is 30.3 Å². The predicted molar refractivity (Wildman–Crippen MR) is 249 cm³/mol. The fourth-order valence-corrected chi connectivity index (χ4v) is 12.1. The zero-order valence-electron chi connectivity index (χ0n) is 38.2. The number of aromatic nitrogens is 2. The number of anilines is 1. The normalized spacial score (nSPS) is 24.7. The Bertz CT molecular complexity index is 2620. The van der Waals surface area contributed by atoms with Crippen molar-refractivity contribution in [2.45, 2.75) is 116 Å². The van der Waals surface area contributed by atoms with Crippen molar-refractivity contribution in [2.75, 3.05) is 24.5 Å². The lowest BCUT2D eigenvalue weighted by molar-refractivity contribution is -0.163. The Hall–Kier alpha value is -6.05. The van der Waals surface area contributed by atoms with Gasteiger partial charge in [-0.1, -0.05) is 27.7 Å². The number of nitrogens with one attached hydrogen (secondary N) is 2. The average Bonchev–Trinajstić information content (AvgIpc) is 3.53. The number of rotatable bonds is 13. The fraction of sp³-hybridized carbons (Fsp3) is 0.480. The first-order valence-electron chi connectivity index (χ1n) is 23.0. The van der Waals surface area contributed by atoms with Crippen molar-refractivity contribution in [3.63, 3.8) is 0 Å². The van der Waals surface area contributed by atoms with E-state index in [0.717, 1.165) is 61.4 Å². The van der Waals surface area contributed by atoms with Crippen molar-refractivity contribution >= 4 is 58.3 Å². The third kappa shape index (κ3) is 8.25. The summed E-state index contributed by atoms with van der Waals surface area (Å²) in [5, 5.41) is 16.2. The van der Waals surface area contributed by atoms with Crippen molar-refractivity contribution in [3.8, 4) is 17.6 Å². The second-order valence-electron chi connectivity index (χ2n) is 19.9. The molecule has 66 heavy (non-hydrogen) atoms. The smallest absolute Gasteiger partial charge is 0.262 e. The van der Waals surface area contributed by atoms with E-state index >= 15 is 0 Å². The summed E-state index contributed by atoms with van der Waals surface area (Å²) in [6.07, 6.45) is 7.39. The quantitative estimate of drug-likeness (QED) is 0.107. The monoisotopic (exact) mass is 912 g/mol. The Morgan fingerprint density at radius 3 is 2.39 bits per heavy atom. The van der Waals surface area contributed by atoms with Gasteiger partial charge in [0.2, 0.25) is 11.8 Å². The van der Waals surface area contributed by atoms with Gasteiger partial charge in [-0.05, 0) is 106 Å². The largest absolute Gasteiger partial charge is 0.488 e. The molecular formula is C50H56N8O7S. The number of nitrogens with zero attached hydrogens (tertiary/aromatic N) is 6. The Morgan fingerprint density at radius 2 is 1.71 bits per heavy atom. The highest BCUT2D eigenvalue weighted by Gasteiger charge is 2.64. The molecule has 2 aliphatic carbocycles. The van der Waals surface area contributed by atoms with Gasteiger partial charge in [-0.2, -0.15) is 5.26 Å². The molecule has 3 aliphatic heterocycles. The molecule has 0 spiro atoms. The van der Waals surface area contributed by atoms with Crippen LogP contribution < -0.4 is 24.5 Å². The molecule has 0 radical (unpaired) electrons. The summed E-state index contributed by atoms with van der Waals surface area (Å²) in [7, 11) is 0. The number of benzene rings is 2. The van der Waals surface area contributed by atoms with Crippen molar-refractivity contribution in [1.29, 1.82) is 5.26 Å². The molecule has 16 heteroatoms. The zero-order valence-corrected chi connectivity index (χ0v) is 39.0. The summed E-state index contributed by atoms with van der Waals surface area (Å²) in [6.45, 7) is 15.8. The van der Waals surface area contributed by atoms with Gasteiger partial charge in [-0.25, -0.2) is 4.98 Å². The lowest BCUT2D eigenvalue weighted by Crippen LogP contribution is -2.74. The van der Waals surface area contributed by atoms with E-state index in [-0.39, 0.29) is 58.1 Å². The zero-order chi connectivity index (χ0) is 46.7. The number of hydrogen-bond acceptors (Lipinski definition) is 13. The highest BCUT2D eigenvalue weighted by Crippen LogP contribution is 2.56. The molecular weight excluding hydrogens is 857 g/mol. The number of ether oxygens (including phenoxy) is 1. The van der Waals surface area contributed by atoms with Crippen molar-refractivity contribution in [1.82, 2.24) is 30.4 Å². The summed E-state index contributed by atoms with van der Waals surface area (Å²) in [5.74, 6) is 0.279. The number of amides is 5. The maximum atomic E-state index is 13.7. The number of imide groups is 2. The lowest BCUT2D eigenvalue weighted by Gasteiger charge is -2.63. The first kappa shape index (κ1) is 45.1. The molecule has 344 valence electrons. The Kier molecular flexibility index (Phi) is 12.1. The van der Waals surface area contributed by atoms with E-state index in [4.69, 9.17) is 13.9 Å². The summed E-state index contributed by atoms with van der Waals surface area (Å²) in [6, 6.07) is 17.9. The maximum Gasteiger partial charge on any atom is 0.262 e. The van der Waals surface area contributed by atoms with Crippen LogP contribution in [-0.2, 0) is 9.59 Å². The molecule has 9 rings (SSSR count). The van der Waals surface area contributed by atoms with Gasteiger partial charge in [-0.15, -0.1) is 0 Å². The minimum atomic E-state index is -1.01. The topological polar surface area (TPSA) is 187 Å². The van der Waals surface area contributed by atoms with Crippen LogP contribution in [0.2, 0.25) is 0 Å². The number of hydrogen-bond donors (Lipinski definition) is 2. The summed E-state index contributed by atoms with van der Waals surface area (Å²) in [5.41, 5.74) is 1.29. The molecule has 5 aliphatic rings. The van der Waals surface area contributed by atoms with E-state index < -0.39 is 29.7 Å². The van der Waals surface area contributed by atoms with Gasteiger partial charge in [0.15, 0.2) is 0 Å². The van der Waals surface area contributed by atoms with Crippen LogP contribution in [0.5, 0.6) is 11.5 Å². The van der Waals surface area contributed by atoms with Gasteiger partial charge < -0.3 is 19.1 Å². The van der Waals surface area contributed by atoms with E-state index in [1.165, 1.54) is 12.0 Å². The van der Waals surface area contributed by atoms with Gasteiger partial charge in [0.05, 0.1) is 39.8 Å². The first-order valence-corrected chi connectivity index (χ1v) is 23.8. The molecule has 5 amide bonds. The molecule has 4 fully saturated rings. The second-order valence-corrected chi connectivity index (χ2v) is 20.9. The number of carbonyl (C=O) groups excluding carboxylic acids is 5. The number of nitriles is 1. The number of pyridine rings is 2. The Morgan fingerprint density at radius 1 is 0.970 bits per heavy atom. The van der Waals surface area contributed by atoms with Crippen LogP contribution in [0.15, 0.2) is 67.0 Å². The summed E-state index contributed by atoms with van der Waals surface area (Å²) >= 11 is 1.39. The van der Waals surface area contributed by atoms with E-state index in [9.17, 15) is 29.2 Å². The van der Waals surface area contributed by atoms with Crippen molar-refractivity contribution in [2.24, 2.45) is 16.7 Å². The summed E-state index contributed by atoms with van der Waals surface area (Å²) in [4.78, 5) is 79.1. The molecule has 2 N–H and O–H groups in total. The molecule has 2 aromatic carbocycles. The molecule has 2 aromatic heterocycles. The third-order valence-corrected chi connectivity index (χ3v) is 15.5. The maximum absolute atomic E-state index is 13.7. The van der Waals surface area contributed by atoms with Gasteiger partial charge in [0.1, 0.15) is 35.5 Å². The van der Waals surface area contributed by atoms with Gasteiger partial charge in [0.25, 0.3) is 17.7 Å². The van der Waals surface area contributed by atoms with E-state index in [1.54, 1.807) is 36.7 Å². The van der Waals surface area contributed by atoms with Gasteiger partial charge >= 0.3 is 0 Å².